The number of methoxy groups -OCH3 is 1. The van der Waals surface area contributed by atoms with Gasteiger partial charge in [-0.1, -0.05) is 6.07 Å². The predicted molar refractivity (Wildman–Crippen MR) is 99.8 cm³/mol. The van der Waals surface area contributed by atoms with E-state index in [9.17, 15) is 0 Å². The first kappa shape index (κ1) is 16.1. The smallest absolute Gasteiger partial charge is 0.213 e. The Kier molecular flexibility index (Phi) is 4.23. The lowest BCUT2D eigenvalue weighted by Gasteiger charge is -2.09. The van der Waals surface area contributed by atoms with E-state index >= 15 is 0 Å². The molecule has 3 heterocycles. The summed E-state index contributed by atoms with van der Waals surface area (Å²) in [6.07, 6.45) is 3.53. The Bertz CT molecular complexity index is 1030. The maximum atomic E-state index is 5.61. The molecule has 4 rings (SSSR count). The third-order valence-electron chi connectivity index (χ3n) is 4.02. The van der Waals surface area contributed by atoms with Gasteiger partial charge in [-0.3, -0.25) is 9.55 Å². The summed E-state index contributed by atoms with van der Waals surface area (Å²) >= 11 is 0. The van der Waals surface area contributed by atoms with Crippen LogP contribution in [0.25, 0.3) is 28.2 Å². The van der Waals surface area contributed by atoms with Crippen LogP contribution < -0.4 is 9.47 Å². The molecule has 0 fully saturated rings. The molecular formula is C20H18N4O2. The number of hydrogen-bond acceptors (Lipinski definition) is 5. The second kappa shape index (κ2) is 6.84. The monoisotopic (exact) mass is 346 g/mol. The maximum absolute atomic E-state index is 5.61. The Labute approximate surface area is 151 Å². The lowest BCUT2D eigenvalue weighted by molar-refractivity contribution is 0.340. The van der Waals surface area contributed by atoms with Gasteiger partial charge in [-0.15, -0.1) is 0 Å². The number of aromatic nitrogens is 4. The lowest BCUT2D eigenvalue weighted by atomic mass is 10.3. The molecule has 6 heteroatoms. The number of benzene rings is 1. The zero-order valence-electron chi connectivity index (χ0n) is 14.6. The zero-order valence-corrected chi connectivity index (χ0v) is 14.6. The highest BCUT2D eigenvalue weighted by Gasteiger charge is 2.16. The number of pyridine rings is 2. The third kappa shape index (κ3) is 2.86. The molecule has 1 aromatic carbocycles. The van der Waals surface area contributed by atoms with Gasteiger partial charge in [0.15, 0.2) is 5.82 Å². The van der Waals surface area contributed by atoms with Crippen LogP contribution in [0.2, 0.25) is 0 Å². The summed E-state index contributed by atoms with van der Waals surface area (Å²) in [6.45, 7) is 2.58. The first-order valence-electron chi connectivity index (χ1n) is 8.37. The molecular weight excluding hydrogens is 328 g/mol. The van der Waals surface area contributed by atoms with Crippen molar-refractivity contribution in [3.05, 3.63) is 60.9 Å². The molecule has 3 aromatic heterocycles. The molecule has 26 heavy (non-hydrogen) atoms. The molecule has 0 amide bonds. The minimum Gasteiger partial charge on any atom is -0.494 e. The standard InChI is InChI=1S/C20H18N4O2/c1-3-26-15-8-9-18-17(12-15)23-20(16-6-4-5-11-21-16)24(18)14-7-10-19(25-2)22-13-14/h4-13H,3H2,1-2H3. The molecule has 130 valence electrons. The predicted octanol–water partition coefficient (Wildman–Crippen LogP) is 3.89. The minimum absolute atomic E-state index is 0.566. The number of rotatable bonds is 5. The van der Waals surface area contributed by atoms with E-state index in [1.165, 1.54) is 0 Å². The van der Waals surface area contributed by atoms with Crippen LogP contribution in [0.4, 0.5) is 0 Å². The Morgan fingerprint density at radius 1 is 1.04 bits per heavy atom. The molecule has 0 spiro atoms. The van der Waals surface area contributed by atoms with Crippen molar-refractivity contribution in [2.24, 2.45) is 0 Å². The van der Waals surface area contributed by atoms with Crippen LogP contribution in [-0.2, 0) is 0 Å². The molecule has 0 atom stereocenters. The van der Waals surface area contributed by atoms with E-state index in [4.69, 9.17) is 14.5 Å². The molecule has 4 aromatic rings. The van der Waals surface area contributed by atoms with Gasteiger partial charge in [0.25, 0.3) is 0 Å². The molecule has 0 N–H and O–H groups in total. The molecule has 0 saturated heterocycles. The fourth-order valence-electron chi connectivity index (χ4n) is 2.87. The number of fused-ring (bicyclic) bond motifs is 1. The Morgan fingerprint density at radius 2 is 1.96 bits per heavy atom. The quantitative estimate of drug-likeness (QED) is 0.549. The Balaban J connectivity index is 1.95. The van der Waals surface area contributed by atoms with E-state index < -0.39 is 0 Å². The molecule has 0 aliphatic carbocycles. The number of imidazole rings is 1. The van der Waals surface area contributed by atoms with Gasteiger partial charge in [0.2, 0.25) is 5.88 Å². The highest BCUT2D eigenvalue weighted by Crippen LogP contribution is 2.30. The van der Waals surface area contributed by atoms with Gasteiger partial charge in [0, 0.05) is 18.3 Å². The van der Waals surface area contributed by atoms with Crippen LogP contribution in [0.1, 0.15) is 6.92 Å². The van der Waals surface area contributed by atoms with Gasteiger partial charge in [-0.05, 0) is 37.3 Å². The van der Waals surface area contributed by atoms with Gasteiger partial charge in [0.1, 0.15) is 11.4 Å². The molecule has 0 bridgehead atoms. The SMILES string of the molecule is CCOc1ccc2c(c1)nc(-c1ccccn1)n2-c1ccc(OC)nc1. The first-order valence-corrected chi connectivity index (χ1v) is 8.37. The van der Waals surface area contributed by atoms with E-state index in [0.717, 1.165) is 34.0 Å². The summed E-state index contributed by atoms with van der Waals surface area (Å²) in [4.78, 5) is 13.6. The fourth-order valence-corrected chi connectivity index (χ4v) is 2.87. The van der Waals surface area contributed by atoms with Crippen molar-refractivity contribution in [3.8, 4) is 28.8 Å². The summed E-state index contributed by atoms with van der Waals surface area (Å²) in [6, 6.07) is 15.5. The van der Waals surface area contributed by atoms with Crippen molar-refractivity contribution in [1.29, 1.82) is 0 Å². The van der Waals surface area contributed by atoms with E-state index in [0.29, 0.717) is 12.5 Å². The van der Waals surface area contributed by atoms with Crippen molar-refractivity contribution < 1.29 is 9.47 Å². The summed E-state index contributed by atoms with van der Waals surface area (Å²) < 4.78 is 12.8. The van der Waals surface area contributed by atoms with Crippen LogP contribution in [0.3, 0.4) is 0 Å². The molecule has 0 unspecified atom stereocenters. The molecule has 0 aliphatic rings. The average Bonchev–Trinajstić information content (AvgIpc) is 3.08. The molecule has 6 nitrogen and oxygen atoms in total. The summed E-state index contributed by atoms with van der Waals surface area (Å²) in [5.74, 6) is 2.11. The summed E-state index contributed by atoms with van der Waals surface area (Å²) in [7, 11) is 1.60. The Morgan fingerprint density at radius 3 is 2.65 bits per heavy atom. The second-order valence-electron chi connectivity index (χ2n) is 5.63. The van der Waals surface area contributed by atoms with Crippen molar-refractivity contribution in [2.75, 3.05) is 13.7 Å². The van der Waals surface area contributed by atoms with Crippen molar-refractivity contribution in [3.63, 3.8) is 0 Å². The normalized spacial score (nSPS) is 10.8. The third-order valence-corrected chi connectivity index (χ3v) is 4.02. The van der Waals surface area contributed by atoms with Gasteiger partial charge in [-0.2, -0.15) is 0 Å². The molecule has 0 aliphatic heterocycles. The van der Waals surface area contributed by atoms with Crippen molar-refractivity contribution in [2.45, 2.75) is 6.92 Å². The largest absolute Gasteiger partial charge is 0.494 e. The second-order valence-corrected chi connectivity index (χ2v) is 5.63. The van der Waals surface area contributed by atoms with Crippen molar-refractivity contribution >= 4 is 11.0 Å². The van der Waals surface area contributed by atoms with Gasteiger partial charge < -0.3 is 9.47 Å². The number of nitrogens with zero attached hydrogens (tertiary/aromatic N) is 4. The highest BCUT2D eigenvalue weighted by atomic mass is 16.5. The highest BCUT2D eigenvalue weighted by molar-refractivity contribution is 5.83. The van der Waals surface area contributed by atoms with Gasteiger partial charge >= 0.3 is 0 Å². The van der Waals surface area contributed by atoms with E-state index in [2.05, 4.69) is 9.97 Å². The average molecular weight is 346 g/mol. The van der Waals surface area contributed by atoms with Gasteiger partial charge in [-0.25, -0.2) is 9.97 Å². The van der Waals surface area contributed by atoms with E-state index in [1.807, 2.05) is 60.0 Å². The van der Waals surface area contributed by atoms with Crippen LogP contribution in [0, 0.1) is 0 Å². The van der Waals surface area contributed by atoms with Crippen LogP contribution in [0.5, 0.6) is 11.6 Å². The van der Waals surface area contributed by atoms with Crippen LogP contribution in [-0.4, -0.2) is 33.2 Å². The topological polar surface area (TPSA) is 62.1 Å². The van der Waals surface area contributed by atoms with Gasteiger partial charge in [0.05, 0.1) is 36.6 Å². The van der Waals surface area contributed by atoms with Crippen molar-refractivity contribution in [1.82, 2.24) is 19.5 Å². The summed E-state index contributed by atoms with van der Waals surface area (Å²) in [5, 5.41) is 0. The van der Waals surface area contributed by atoms with Crippen LogP contribution >= 0.6 is 0 Å². The first-order chi connectivity index (χ1) is 12.8. The van der Waals surface area contributed by atoms with E-state index in [1.54, 1.807) is 19.5 Å². The zero-order chi connectivity index (χ0) is 17.9. The lowest BCUT2D eigenvalue weighted by Crippen LogP contribution is -2.00. The summed E-state index contributed by atoms with van der Waals surface area (Å²) in [5.41, 5.74) is 3.48. The van der Waals surface area contributed by atoms with E-state index in [-0.39, 0.29) is 0 Å². The van der Waals surface area contributed by atoms with Crippen LogP contribution in [0.15, 0.2) is 60.9 Å². The minimum atomic E-state index is 0.566. The molecule has 0 radical (unpaired) electrons. The number of hydrogen-bond donors (Lipinski definition) is 0. The number of ether oxygens (including phenoxy) is 2. The molecule has 0 saturated carbocycles. The Hall–Kier alpha value is -3.41. The fraction of sp³-hybridized carbons (Fsp3) is 0.150. The maximum Gasteiger partial charge on any atom is 0.213 e.